The molecule has 0 saturated carbocycles. The number of aromatic nitrogens is 1. The number of imide groups is 1. The molecule has 1 atom stereocenters. The van der Waals surface area contributed by atoms with Crippen molar-refractivity contribution >= 4 is 28.4 Å². The number of alkyl halides is 3. The number of hydrogen-bond donors (Lipinski definition) is 1. The van der Waals surface area contributed by atoms with E-state index in [1.165, 1.54) is 12.0 Å². The predicted octanol–water partition coefficient (Wildman–Crippen LogP) is 5.06. The summed E-state index contributed by atoms with van der Waals surface area (Å²) in [5.74, 6) is -0.464. The summed E-state index contributed by atoms with van der Waals surface area (Å²) in [6, 6.07) is 11.4. The second kappa shape index (κ2) is 9.81. The average molecular weight is 487 g/mol. The van der Waals surface area contributed by atoms with Gasteiger partial charge in [-0.05, 0) is 44.0 Å². The molecule has 2 aromatic carbocycles. The zero-order valence-corrected chi connectivity index (χ0v) is 19.2. The summed E-state index contributed by atoms with van der Waals surface area (Å²) in [6.07, 6.45) is -1.77. The first-order chi connectivity index (χ1) is 16.7. The lowest BCUT2D eigenvalue weighted by Gasteiger charge is -2.21. The number of amides is 2. The van der Waals surface area contributed by atoms with Crippen LogP contribution in [0.4, 0.5) is 18.9 Å². The number of hydrogen-bond acceptors (Lipinski definition) is 6. The Morgan fingerprint density at radius 1 is 1.09 bits per heavy atom. The van der Waals surface area contributed by atoms with Crippen molar-refractivity contribution in [1.82, 2.24) is 9.88 Å². The van der Waals surface area contributed by atoms with Gasteiger partial charge >= 0.3 is 6.18 Å². The summed E-state index contributed by atoms with van der Waals surface area (Å²) in [5, 5.41) is 3.70. The van der Waals surface area contributed by atoms with Crippen LogP contribution in [0, 0.1) is 0 Å². The van der Waals surface area contributed by atoms with Crippen molar-refractivity contribution in [2.75, 3.05) is 25.6 Å². The van der Waals surface area contributed by atoms with Crippen molar-refractivity contribution in [1.29, 1.82) is 0 Å². The fraction of sp³-hybridized carbons (Fsp3) is 0.320. The Balaban J connectivity index is 1.45. The van der Waals surface area contributed by atoms with Gasteiger partial charge in [0, 0.05) is 30.2 Å². The van der Waals surface area contributed by atoms with Crippen LogP contribution < -0.4 is 14.8 Å². The number of fused-ring (bicyclic) bond motifs is 2. The monoisotopic (exact) mass is 487 g/mol. The van der Waals surface area contributed by atoms with Crippen molar-refractivity contribution in [3.63, 3.8) is 0 Å². The molecule has 0 aliphatic carbocycles. The zero-order chi connectivity index (χ0) is 25.2. The van der Waals surface area contributed by atoms with E-state index in [1.807, 2.05) is 6.92 Å². The summed E-state index contributed by atoms with van der Waals surface area (Å²) in [5.41, 5.74) is 1.85. The van der Waals surface area contributed by atoms with Gasteiger partial charge in [-0.2, -0.15) is 13.2 Å². The highest BCUT2D eigenvalue weighted by Gasteiger charge is 2.34. The van der Waals surface area contributed by atoms with Crippen molar-refractivity contribution < 1.29 is 32.2 Å². The largest absolute Gasteiger partial charge is 0.493 e. The van der Waals surface area contributed by atoms with Crippen LogP contribution in [-0.2, 0) is 0 Å². The van der Waals surface area contributed by atoms with Crippen molar-refractivity contribution in [2.24, 2.45) is 0 Å². The number of anilines is 1. The van der Waals surface area contributed by atoms with Crippen LogP contribution in [0.2, 0.25) is 0 Å². The molecule has 1 aliphatic heterocycles. The molecule has 0 fully saturated rings. The van der Waals surface area contributed by atoms with Gasteiger partial charge in [0.05, 0.1) is 29.4 Å². The van der Waals surface area contributed by atoms with Gasteiger partial charge in [-0.1, -0.05) is 12.1 Å². The van der Waals surface area contributed by atoms with E-state index in [1.54, 1.807) is 48.7 Å². The summed E-state index contributed by atoms with van der Waals surface area (Å²) in [7, 11) is 1.35. The van der Waals surface area contributed by atoms with E-state index in [0.29, 0.717) is 40.6 Å². The van der Waals surface area contributed by atoms with Gasteiger partial charge in [0.15, 0.2) is 18.1 Å². The van der Waals surface area contributed by atoms with Gasteiger partial charge in [0.2, 0.25) is 0 Å². The lowest BCUT2D eigenvalue weighted by Crippen LogP contribution is -2.31. The molecular weight excluding hydrogens is 463 g/mol. The third-order valence-electron chi connectivity index (χ3n) is 5.71. The summed E-state index contributed by atoms with van der Waals surface area (Å²) < 4.78 is 48.6. The highest BCUT2D eigenvalue weighted by Crippen LogP contribution is 2.40. The first-order valence-electron chi connectivity index (χ1n) is 11.1. The first-order valence-corrected chi connectivity index (χ1v) is 11.1. The average Bonchev–Trinajstić information content (AvgIpc) is 3.07. The third kappa shape index (κ3) is 5.16. The summed E-state index contributed by atoms with van der Waals surface area (Å²) >= 11 is 0. The Kier molecular flexibility index (Phi) is 6.81. The number of carbonyl (C=O) groups excluding carboxylic acids is 2. The Labute approximate surface area is 199 Å². The van der Waals surface area contributed by atoms with Crippen LogP contribution in [-0.4, -0.2) is 54.2 Å². The van der Waals surface area contributed by atoms with Crippen molar-refractivity contribution in [3.8, 4) is 11.5 Å². The van der Waals surface area contributed by atoms with Gasteiger partial charge in [-0.15, -0.1) is 0 Å². The van der Waals surface area contributed by atoms with Crippen molar-refractivity contribution in [3.05, 3.63) is 59.8 Å². The van der Waals surface area contributed by atoms with Gasteiger partial charge in [0.1, 0.15) is 0 Å². The SMILES string of the molecule is COc1cc(NC(C)CCCN2C(=O)c3ccccc3C2=O)c2ncccc2c1OCC(F)(F)F. The normalized spacial score (nSPS) is 14.3. The number of ether oxygens (including phenoxy) is 2. The molecule has 4 rings (SSSR count). The highest BCUT2D eigenvalue weighted by molar-refractivity contribution is 6.21. The fourth-order valence-electron chi connectivity index (χ4n) is 4.10. The minimum atomic E-state index is -4.50. The number of pyridine rings is 1. The van der Waals surface area contributed by atoms with Crippen LogP contribution in [0.3, 0.4) is 0 Å². The van der Waals surface area contributed by atoms with Gasteiger partial charge in [0.25, 0.3) is 11.8 Å². The zero-order valence-electron chi connectivity index (χ0n) is 19.2. The maximum atomic E-state index is 12.7. The lowest BCUT2D eigenvalue weighted by molar-refractivity contribution is -0.153. The van der Waals surface area contributed by atoms with Crippen LogP contribution in [0.25, 0.3) is 10.9 Å². The van der Waals surface area contributed by atoms with E-state index in [2.05, 4.69) is 10.3 Å². The smallest absolute Gasteiger partial charge is 0.422 e. The molecule has 0 bridgehead atoms. The molecule has 35 heavy (non-hydrogen) atoms. The molecule has 10 heteroatoms. The number of carbonyl (C=O) groups is 2. The molecule has 3 aromatic rings. The number of benzene rings is 2. The van der Waals surface area contributed by atoms with Gasteiger partial charge in [-0.3, -0.25) is 19.5 Å². The number of rotatable bonds is 9. The Bertz CT molecular complexity index is 1230. The van der Waals surface area contributed by atoms with Gasteiger partial charge < -0.3 is 14.8 Å². The van der Waals surface area contributed by atoms with E-state index in [0.717, 1.165) is 0 Å². The molecule has 1 aliphatic rings. The van der Waals surface area contributed by atoms with E-state index >= 15 is 0 Å². The molecule has 7 nitrogen and oxygen atoms in total. The predicted molar refractivity (Wildman–Crippen MR) is 124 cm³/mol. The van der Waals surface area contributed by atoms with E-state index in [4.69, 9.17) is 9.47 Å². The maximum Gasteiger partial charge on any atom is 0.422 e. The van der Waals surface area contributed by atoms with Crippen molar-refractivity contribution in [2.45, 2.75) is 32.0 Å². The molecule has 0 radical (unpaired) electrons. The second-order valence-electron chi connectivity index (χ2n) is 8.25. The van der Waals surface area contributed by atoms with E-state index in [-0.39, 0.29) is 35.9 Å². The number of nitrogens with one attached hydrogen (secondary N) is 1. The Morgan fingerprint density at radius 2 is 1.77 bits per heavy atom. The summed E-state index contributed by atoms with van der Waals surface area (Å²) in [6.45, 7) is 0.761. The maximum absolute atomic E-state index is 12.7. The molecule has 1 aromatic heterocycles. The van der Waals surface area contributed by atoms with Crippen LogP contribution >= 0.6 is 0 Å². The number of methoxy groups -OCH3 is 1. The molecule has 1 N–H and O–H groups in total. The van der Waals surface area contributed by atoms with Crippen LogP contribution in [0.1, 0.15) is 40.5 Å². The Morgan fingerprint density at radius 3 is 2.40 bits per heavy atom. The summed E-state index contributed by atoms with van der Waals surface area (Å²) in [4.78, 5) is 30.6. The van der Waals surface area contributed by atoms with Gasteiger partial charge in [-0.25, -0.2) is 0 Å². The standard InChI is InChI=1S/C25H24F3N3O4/c1-15(7-6-12-31-23(32)16-8-3-4-9-17(16)24(31)33)30-19-13-20(34-2)22(35-14-25(26,27)28)18-10-5-11-29-21(18)19/h3-5,8-11,13,15,30H,6-7,12,14H2,1-2H3. The molecule has 1 unspecified atom stereocenters. The molecule has 184 valence electrons. The molecular formula is C25H24F3N3O4. The third-order valence-corrected chi connectivity index (χ3v) is 5.71. The quantitative estimate of drug-likeness (QED) is 0.425. The van der Waals surface area contributed by atoms with E-state index < -0.39 is 12.8 Å². The van der Waals surface area contributed by atoms with E-state index in [9.17, 15) is 22.8 Å². The second-order valence-corrected chi connectivity index (χ2v) is 8.25. The first kappa shape index (κ1) is 24.3. The Hall–Kier alpha value is -3.82. The minimum absolute atomic E-state index is 0.0308. The minimum Gasteiger partial charge on any atom is -0.493 e. The topological polar surface area (TPSA) is 80.8 Å². The van der Waals surface area contributed by atoms with Crippen LogP contribution in [0.5, 0.6) is 11.5 Å². The number of halogens is 3. The molecule has 0 spiro atoms. The molecule has 2 amide bonds. The highest BCUT2D eigenvalue weighted by atomic mass is 19.4. The number of nitrogens with zero attached hydrogens (tertiary/aromatic N) is 2. The van der Waals surface area contributed by atoms with Crippen LogP contribution in [0.15, 0.2) is 48.7 Å². The molecule has 0 saturated heterocycles. The lowest BCUT2D eigenvalue weighted by atomic mass is 10.1. The fourth-order valence-corrected chi connectivity index (χ4v) is 4.10. The molecule has 2 heterocycles.